The number of ketones is 1. The number of rotatable bonds is 14. The Balaban J connectivity index is 2.04. The second-order valence-corrected chi connectivity index (χ2v) is 8.50. The van der Waals surface area contributed by atoms with Crippen molar-refractivity contribution >= 4 is 29.0 Å². The lowest BCUT2D eigenvalue weighted by atomic mass is 9.99. The maximum Gasteiger partial charge on any atom is 0.133 e. The average molecular weight is 515 g/mol. The Labute approximate surface area is 211 Å². The maximum absolute atomic E-state index is 12.7. The van der Waals surface area contributed by atoms with E-state index in [0.717, 1.165) is 0 Å². The molecule has 0 amide bonds. The van der Waals surface area contributed by atoms with Crippen molar-refractivity contribution in [3.8, 4) is 34.5 Å². The summed E-state index contributed by atoms with van der Waals surface area (Å²) in [5, 5.41) is -0.957. The van der Waals surface area contributed by atoms with Gasteiger partial charge in [-0.25, -0.2) is 0 Å². The van der Waals surface area contributed by atoms with Gasteiger partial charge in [0.2, 0.25) is 0 Å². The molecule has 0 bridgehead atoms. The Morgan fingerprint density at radius 1 is 0.618 bits per heavy atom. The van der Waals surface area contributed by atoms with Crippen LogP contribution in [-0.4, -0.2) is 48.4 Å². The zero-order valence-electron chi connectivity index (χ0n) is 20.4. The molecule has 2 atom stereocenters. The predicted molar refractivity (Wildman–Crippen MR) is 133 cm³/mol. The van der Waals surface area contributed by atoms with Gasteiger partial charge in [0.25, 0.3) is 0 Å². The van der Waals surface area contributed by atoms with Crippen LogP contribution in [0.2, 0.25) is 0 Å². The van der Waals surface area contributed by atoms with Gasteiger partial charge in [-0.15, -0.1) is 23.2 Å². The lowest BCUT2D eigenvalue weighted by molar-refractivity contribution is -0.119. The molecule has 0 saturated carbocycles. The Morgan fingerprint density at radius 3 is 1.15 bits per heavy atom. The summed E-state index contributed by atoms with van der Waals surface area (Å²) < 4.78 is 32.4. The first-order valence-corrected chi connectivity index (χ1v) is 11.6. The first kappa shape index (κ1) is 27.7. The lowest BCUT2D eigenvalue weighted by Gasteiger charge is -2.19. The summed E-state index contributed by atoms with van der Waals surface area (Å²) in [4.78, 5) is 12.7. The van der Waals surface area contributed by atoms with Crippen molar-refractivity contribution in [2.75, 3.05) is 42.7 Å². The predicted octanol–water partition coefficient (Wildman–Crippen LogP) is 6.13. The van der Waals surface area contributed by atoms with Gasteiger partial charge in [0, 0.05) is 37.1 Å². The van der Waals surface area contributed by atoms with Crippen LogP contribution in [0, 0.1) is 0 Å². The number of halogens is 2. The molecule has 2 rings (SSSR count). The fourth-order valence-electron chi connectivity index (χ4n) is 3.67. The van der Waals surface area contributed by atoms with Gasteiger partial charge in [-0.3, -0.25) is 4.79 Å². The van der Waals surface area contributed by atoms with E-state index in [4.69, 9.17) is 51.6 Å². The van der Waals surface area contributed by atoms with Gasteiger partial charge in [-0.05, 0) is 12.8 Å². The van der Waals surface area contributed by atoms with Crippen molar-refractivity contribution in [3.63, 3.8) is 0 Å². The van der Waals surface area contributed by atoms with Crippen molar-refractivity contribution in [2.45, 2.75) is 36.4 Å². The average Bonchev–Trinajstić information content (AvgIpc) is 2.88. The fraction of sp³-hybridized carbons (Fsp3) is 0.480. The van der Waals surface area contributed by atoms with Gasteiger partial charge in [-0.1, -0.05) is 0 Å². The number of benzene rings is 2. The molecule has 0 aromatic heterocycles. The third kappa shape index (κ3) is 6.76. The third-order valence-corrected chi connectivity index (χ3v) is 6.36. The topological polar surface area (TPSA) is 72.5 Å². The van der Waals surface area contributed by atoms with Crippen LogP contribution in [0.25, 0.3) is 0 Å². The van der Waals surface area contributed by atoms with Gasteiger partial charge >= 0.3 is 0 Å². The van der Waals surface area contributed by atoms with Crippen molar-refractivity contribution in [2.24, 2.45) is 0 Å². The Kier molecular flexibility index (Phi) is 10.9. The largest absolute Gasteiger partial charge is 0.496 e. The summed E-state index contributed by atoms with van der Waals surface area (Å²) in [6, 6.07) is 6.96. The standard InChI is InChI=1S/C25H32Cl2O7/c1-29-16-11-20(31-3)24(21(12-16)32-4)18(26)9-7-15(28)8-10-19(27)25-22(33-5)13-17(30-2)14-23(25)34-6/h11-14,18-19H,7-10H2,1-6H3. The Hall–Kier alpha value is -2.51. The molecule has 0 aliphatic carbocycles. The van der Waals surface area contributed by atoms with Crippen molar-refractivity contribution in [1.29, 1.82) is 0 Å². The molecule has 0 fully saturated rings. The van der Waals surface area contributed by atoms with Gasteiger partial charge in [-0.2, -0.15) is 0 Å². The minimum atomic E-state index is -0.478. The summed E-state index contributed by atoms with van der Waals surface area (Å²) in [6.07, 6.45) is 1.41. The highest BCUT2D eigenvalue weighted by molar-refractivity contribution is 6.21. The first-order chi connectivity index (χ1) is 16.3. The molecular formula is C25H32Cl2O7. The van der Waals surface area contributed by atoms with E-state index in [1.165, 1.54) is 0 Å². The van der Waals surface area contributed by atoms with Gasteiger partial charge in [0.1, 0.15) is 40.3 Å². The van der Waals surface area contributed by atoms with Crippen LogP contribution in [0.3, 0.4) is 0 Å². The summed E-state index contributed by atoms with van der Waals surface area (Å²) in [5.74, 6) is 3.41. The van der Waals surface area contributed by atoms with E-state index in [9.17, 15) is 4.79 Å². The molecule has 7 nitrogen and oxygen atoms in total. The number of alkyl halides is 2. The molecule has 0 spiro atoms. The van der Waals surface area contributed by atoms with Crippen molar-refractivity contribution < 1.29 is 33.2 Å². The van der Waals surface area contributed by atoms with Crippen LogP contribution in [0.1, 0.15) is 47.6 Å². The molecular weight excluding hydrogens is 483 g/mol. The SMILES string of the molecule is COc1cc(OC)c(C(Cl)CCC(=O)CCC(Cl)c2c(OC)cc(OC)cc2OC)c(OC)c1. The summed E-state index contributed by atoms with van der Waals surface area (Å²) in [7, 11) is 9.32. The molecule has 9 heteroatoms. The number of carbonyl (C=O) groups excluding carboxylic acids is 1. The van der Waals surface area contributed by atoms with Gasteiger partial charge in [0.05, 0.1) is 64.5 Å². The molecule has 0 radical (unpaired) electrons. The van der Waals surface area contributed by atoms with Crippen LogP contribution in [-0.2, 0) is 4.79 Å². The summed E-state index contributed by atoms with van der Waals surface area (Å²) in [6.45, 7) is 0. The molecule has 0 aliphatic rings. The van der Waals surface area contributed by atoms with E-state index in [-0.39, 0.29) is 18.6 Å². The van der Waals surface area contributed by atoms with Crippen molar-refractivity contribution in [1.82, 2.24) is 0 Å². The molecule has 0 saturated heterocycles. The number of methoxy groups -OCH3 is 6. The van der Waals surface area contributed by atoms with E-state index >= 15 is 0 Å². The van der Waals surface area contributed by atoms with Crippen LogP contribution in [0.5, 0.6) is 34.5 Å². The van der Waals surface area contributed by atoms with Crippen LogP contribution in [0.15, 0.2) is 24.3 Å². The molecule has 0 heterocycles. The van der Waals surface area contributed by atoms with Crippen LogP contribution < -0.4 is 28.4 Å². The van der Waals surface area contributed by atoms with E-state index in [1.807, 2.05) is 0 Å². The van der Waals surface area contributed by atoms with Gasteiger partial charge < -0.3 is 28.4 Å². The number of hydrogen-bond acceptors (Lipinski definition) is 7. The summed E-state index contributed by atoms with van der Waals surface area (Å²) >= 11 is 13.3. The fourth-order valence-corrected chi connectivity index (χ4v) is 4.32. The highest BCUT2D eigenvalue weighted by atomic mass is 35.5. The zero-order chi connectivity index (χ0) is 25.3. The molecule has 2 aromatic carbocycles. The van der Waals surface area contributed by atoms with E-state index in [1.54, 1.807) is 66.9 Å². The Morgan fingerprint density at radius 2 is 0.912 bits per heavy atom. The smallest absolute Gasteiger partial charge is 0.133 e. The number of carbonyl (C=O) groups is 1. The highest BCUT2D eigenvalue weighted by Crippen LogP contribution is 2.44. The number of hydrogen-bond donors (Lipinski definition) is 0. The zero-order valence-corrected chi connectivity index (χ0v) is 21.9. The van der Waals surface area contributed by atoms with Crippen LogP contribution >= 0.6 is 23.2 Å². The summed E-state index contributed by atoms with van der Waals surface area (Å²) in [5.41, 5.74) is 1.37. The normalized spacial score (nSPS) is 12.5. The number of Topliss-reactive ketones (excluding diaryl/α,β-unsaturated/α-hetero) is 1. The lowest BCUT2D eigenvalue weighted by Crippen LogP contribution is -2.06. The molecule has 0 aliphatic heterocycles. The van der Waals surface area contributed by atoms with Crippen LogP contribution in [0.4, 0.5) is 0 Å². The maximum atomic E-state index is 12.7. The molecule has 188 valence electrons. The second kappa shape index (κ2) is 13.4. The minimum Gasteiger partial charge on any atom is -0.496 e. The van der Waals surface area contributed by atoms with E-state index < -0.39 is 10.8 Å². The monoisotopic (exact) mass is 514 g/mol. The molecule has 0 N–H and O–H groups in total. The van der Waals surface area contributed by atoms with Gasteiger partial charge in [0.15, 0.2) is 0 Å². The highest BCUT2D eigenvalue weighted by Gasteiger charge is 2.24. The Bertz CT molecular complexity index is 839. The number of ether oxygens (including phenoxy) is 6. The minimum absolute atomic E-state index is 0.0502. The molecule has 2 unspecified atom stereocenters. The van der Waals surface area contributed by atoms with Crippen molar-refractivity contribution in [3.05, 3.63) is 35.4 Å². The molecule has 2 aromatic rings. The molecule has 34 heavy (non-hydrogen) atoms. The third-order valence-electron chi connectivity index (χ3n) is 5.49. The second-order valence-electron chi connectivity index (χ2n) is 7.44. The van der Waals surface area contributed by atoms with E-state index in [0.29, 0.717) is 58.5 Å². The quantitative estimate of drug-likeness (QED) is 0.281. The first-order valence-electron chi connectivity index (χ1n) is 10.7. The van der Waals surface area contributed by atoms with E-state index in [2.05, 4.69) is 0 Å².